The van der Waals surface area contributed by atoms with Gasteiger partial charge in [0.25, 0.3) is 0 Å². The summed E-state index contributed by atoms with van der Waals surface area (Å²) in [6, 6.07) is 0. The van der Waals surface area contributed by atoms with Gasteiger partial charge < -0.3 is 4.74 Å². The molecule has 1 heteroatoms. The minimum atomic E-state index is 0.647. The van der Waals surface area contributed by atoms with E-state index in [1.165, 1.54) is 19.3 Å². The highest BCUT2D eigenvalue weighted by Crippen LogP contribution is 2.38. The standard InChI is InChI=1S/C23H48O/c1-11-13-14-24-15-17(4)19(6)21(8)23(10)22(9)20(7)18(5)16(3)12-2/h16-23H,11-15H2,1-10H3. The fraction of sp³-hybridized carbons (Fsp3) is 1.00. The van der Waals surface area contributed by atoms with Crippen LogP contribution in [-0.2, 0) is 4.74 Å². The van der Waals surface area contributed by atoms with Crippen molar-refractivity contribution in [2.45, 2.75) is 88.5 Å². The predicted molar refractivity (Wildman–Crippen MR) is 109 cm³/mol. The Bertz CT molecular complexity index is 300. The van der Waals surface area contributed by atoms with Gasteiger partial charge in [0.2, 0.25) is 0 Å². The van der Waals surface area contributed by atoms with Crippen molar-refractivity contribution in [2.24, 2.45) is 47.3 Å². The van der Waals surface area contributed by atoms with E-state index >= 15 is 0 Å². The Kier molecular flexibility index (Phi) is 12.3. The van der Waals surface area contributed by atoms with Gasteiger partial charge in [-0.25, -0.2) is 0 Å². The van der Waals surface area contributed by atoms with Crippen LogP contribution in [0.3, 0.4) is 0 Å². The van der Waals surface area contributed by atoms with Crippen molar-refractivity contribution < 1.29 is 4.74 Å². The maximum absolute atomic E-state index is 5.88. The molecule has 0 aliphatic heterocycles. The molecule has 0 aromatic rings. The molecule has 24 heavy (non-hydrogen) atoms. The summed E-state index contributed by atoms with van der Waals surface area (Å²) in [4.78, 5) is 0. The summed E-state index contributed by atoms with van der Waals surface area (Å²) in [6.45, 7) is 26.0. The first kappa shape index (κ1) is 24.0. The second kappa shape index (κ2) is 12.3. The maximum atomic E-state index is 5.88. The van der Waals surface area contributed by atoms with E-state index in [0.29, 0.717) is 5.92 Å². The van der Waals surface area contributed by atoms with Crippen molar-refractivity contribution >= 4 is 0 Å². The van der Waals surface area contributed by atoms with Crippen LogP contribution in [0.1, 0.15) is 88.5 Å². The highest BCUT2D eigenvalue weighted by Gasteiger charge is 2.32. The van der Waals surface area contributed by atoms with E-state index in [1.54, 1.807) is 0 Å². The molecule has 0 heterocycles. The summed E-state index contributed by atoms with van der Waals surface area (Å²) in [7, 11) is 0. The SMILES string of the molecule is CCCCOCC(C)C(C)C(C)C(C)C(C)C(C)C(C)C(C)CC. The van der Waals surface area contributed by atoms with Gasteiger partial charge in [0.1, 0.15) is 0 Å². The molecule has 0 fully saturated rings. The second-order valence-electron chi connectivity index (χ2n) is 8.95. The highest BCUT2D eigenvalue weighted by atomic mass is 16.5. The van der Waals surface area contributed by atoms with Crippen molar-refractivity contribution in [3.63, 3.8) is 0 Å². The van der Waals surface area contributed by atoms with Crippen molar-refractivity contribution in [1.29, 1.82) is 0 Å². The lowest BCUT2D eigenvalue weighted by Crippen LogP contribution is -2.33. The molecule has 0 spiro atoms. The van der Waals surface area contributed by atoms with Crippen molar-refractivity contribution in [1.82, 2.24) is 0 Å². The summed E-state index contributed by atoms with van der Waals surface area (Å²) < 4.78 is 5.88. The molecule has 8 unspecified atom stereocenters. The first-order valence-corrected chi connectivity index (χ1v) is 10.8. The Morgan fingerprint density at radius 1 is 0.583 bits per heavy atom. The molecule has 0 bridgehead atoms. The molecule has 146 valence electrons. The number of unbranched alkanes of at least 4 members (excludes halogenated alkanes) is 1. The van der Waals surface area contributed by atoms with Crippen LogP contribution in [-0.4, -0.2) is 13.2 Å². The zero-order valence-corrected chi connectivity index (χ0v) is 18.6. The van der Waals surface area contributed by atoms with Crippen molar-refractivity contribution in [2.75, 3.05) is 13.2 Å². The average Bonchev–Trinajstić information content (AvgIpc) is 2.60. The minimum Gasteiger partial charge on any atom is -0.381 e. The molecule has 0 rings (SSSR count). The van der Waals surface area contributed by atoms with E-state index in [-0.39, 0.29) is 0 Å². The predicted octanol–water partition coefficient (Wildman–Crippen LogP) is 7.30. The maximum Gasteiger partial charge on any atom is 0.0494 e. The van der Waals surface area contributed by atoms with Gasteiger partial charge in [-0.1, -0.05) is 82.1 Å². The average molecular weight is 341 g/mol. The molecular formula is C23H48O. The number of ether oxygens (including phenoxy) is 1. The lowest BCUT2D eigenvalue weighted by Gasteiger charge is -2.39. The number of hydrogen-bond donors (Lipinski definition) is 0. The molecule has 0 aliphatic rings. The largest absolute Gasteiger partial charge is 0.381 e. The highest BCUT2D eigenvalue weighted by molar-refractivity contribution is 4.81. The lowest BCUT2D eigenvalue weighted by molar-refractivity contribution is 0.0501. The fourth-order valence-corrected chi connectivity index (χ4v) is 3.99. The van der Waals surface area contributed by atoms with Crippen LogP contribution in [0.5, 0.6) is 0 Å². The minimum absolute atomic E-state index is 0.647. The van der Waals surface area contributed by atoms with Crippen LogP contribution in [0.2, 0.25) is 0 Å². The van der Waals surface area contributed by atoms with Crippen LogP contribution >= 0.6 is 0 Å². The zero-order valence-electron chi connectivity index (χ0n) is 18.6. The monoisotopic (exact) mass is 340 g/mol. The number of rotatable bonds is 13. The molecular weight excluding hydrogens is 292 g/mol. The van der Waals surface area contributed by atoms with Crippen LogP contribution in [0, 0.1) is 47.3 Å². The molecule has 8 atom stereocenters. The van der Waals surface area contributed by atoms with Crippen molar-refractivity contribution in [3.8, 4) is 0 Å². The third kappa shape index (κ3) is 7.46. The van der Waals surface area contributed by atoms with Gasteiger partial charge in [-0.3, -0.25) is 0 Å². The molecule has 0 saturated heterocycles. The third-order valence-electron chi connectivity index (χ3n) is 7.61. The van der Waals surface area contributed by atoms with Gasteiger partial charge in [-0.2, -0.15) is 0 Å². The molecule has 0 saturated carbocycles. The normalized spacial score (nSPS) is 22.2. The Labute approximate surface area is 154 Å². The van der Waals surface area contributed by atoms with Gasteiger partial charge >= 0.3 is 0 Å². The van der Waals surface area contributed by atoms with E-state index in [9.17, 15) is 0 Å². The number of hydrogen-bond acceptors (Lipinski definition) is 1. The Morgan fingerprint density at radius 2 is 1.00 bits per heavy atom. The molecule has 0 aromatic heterocycles. The fourth-order valence-electron chi connectivity index (χ4n) is 3.99. The summed E-state index contributed by atoms with van der Waals surface area (Å²) in [5.41, 5.74) is 0. The van der Waals surface area contributed by atoms with Crippen LogP contribution in [0.15, 0.2) is 0 Å². The van der Waals surface area contributed by atoms with Gasteiger partial charge in [-0.05, 0) is 53.8 Å². The van der Waals surface area contributed by atoms with Gasteiger partial charge in [0.05, 0.1) is 0 Å². The molecule has 0 radical (unpaired) electrons. The Morgan fingerprint density at radius 3 is 1.42 bits per heavy atom. The smallest absolute Gasteiger partial charge is 0.0494 e. The molecule has 0 amide bonds. The van der Waals surface area contributed by atoms with Gasteiger partial charge in [-0.15, -0.1) is 0 Å². The Balaban J connectivity index is 4.57. The molecule has 0 aliphatic carbocycles. The summed E-state index contributed by atoms with van der Waals surface area (Å²) in [5, 5.41) is 0. The van der Waals surface area contributed by atoms with Crippen LogP contribution in [0.25, 0.3) is 0 Å². The first-order chi connectivity index (χ1) is 11.2. The van der Waals surface area contributed by atoms with E-state index < -0.39 is 0 Å². The quantitative estimate of drug-likeness (QED) is 0.319. The molecule has 0 N–H and O–H groups in total. The molecule has 1 nitrogen and oxygen atoms in total. The summed E-state index contributed by atoms with van der Waals surface area (Å²) in [6.07, 6.45) is 3.71. The first-order valence-electron chi connectivity index (χ1n) is 10.8. The van der Waals surface area contributed by atoms with E-state index in [4.69, 9.17) is 4.74 Å². The van der Waals surface area contributed by atoms with Crippen LogP contribution < -0.4 is 0 Å². The second-order valence-corrected chi connectivity index (χ2v) is 8.95. The topological polar surface area (TPSA) is 9.23 Å². The summed E-state index contributed by atoms with van der Waals surface area (Å²) in [5.74, 6) is 6.08. The summed E-state index contributed by atoms with van der Waals surface area (Å²) >= 11 is 0. The lowest BCUT2D eigenvalue weighted by atomic mass is 9.67. The van der Waals surface area contributed by atoms with E-state index in [0.717, 1.165) is 54.6 Å². The van der Waals surface area contributed by atoms with E-state index in [1.807, 2.05) is 0 Å². The van der Waals surface area contributed by atoms with Gasteiger partial charge in [0.15, 0.2) is 0 Å². The zero-order chi connectivity index (χ0) is 18.9. The van der Waals surface area contributed by atoms with Gasteiger partial charge in [0, 0.05) is 13.2 Å². The molecule has 0 aromatic carbocycles. The Hall–Kier alpha value is -0.0400. The van der Waals surface area contributed by atoms with Crippen molar-refractivity contribution in [3.05, 3.63) is 0 Å². The van der Waals surface area contributed by atoms with Crippen LogP contribution in [0.4, 0.5) is 0 Å². The van der Waals surface area contributed by atoms with E-state index in [2.05, 4.69) is 69.2 Å². The third-order valence-corrected chi connectivity index (χ3v) is 7.61.